The number of nitrogens with zero attached hydrogens (tertiary/aromatic N) is 3. The molecule has 92 valence electrons. The van der Waals surface area contributed by atoms with E-state index < -0.39 is 0 Å². The van der Waals surface area contributed by atoms with Crippen LogP contribution in [0.4, 0.5) is 0 Å². The number of H-pyrrole nitrogens is 1. The molecule has 2 aliphatic heterocycles. The maximum atomic E-state index is 12.1. The molecule has 0 bridgehead atoms. The first kappa shape index (κ1) is 10.7. The Labute approximate surface area is 99.5 Å². The van der Waals surface area contributed by atoms with Gasteiger partial charge in [0.1, 0.15) is 5.69 Å². The van der Waals surface area contributed by atoms with Crippen LogP contribution in [0.1, 0.15) is 10.5 Å². The molecule has 6 nitrogen and oxygen atoms in total. The molecule has 1 aromatic rings. The van der Waals surface area contributed by atoms with Gasteiger partial charge in [-0.15, -0.1) is 0 Å². The lowest BCUT2D eigenvalue weighted by atomic mass is 10.1. The maximum Gasteiger partial charge on any atom is 0.272 e. The van der Waals surface area contributed by atoms with E-state index in [1.165, 1.54) is 0 Å². The predicted molar refractivity (Wildman–Crippen MR) is 60.6 cm³/mol. The summed E-state index contributed by atoms with van der Waals surface area (Å²) in [5.74, 6) is 0.00824. The van der Waals surface area contributed by atoms with E-state index in [1.54, 1.807) is 12.3 Å². The van der Waals surface area contributed by atoms with Crippen LogP contribution in [0, 0.1) is 0 Å². The molecule has 3 rings (SSSR count). The van der Waals surface area contributed by atoms with Crippen molar-refractivity contribution in [2.24, 2.45) is 0 Å². The average Bonchev–Trinajstić information content (AvgIpc) is 2.98. The molecular weight excluding hydrogens is 220 g/mol. The molecule has 6 heteroatoms. The minimum Gasteiger partial charge on any atom is -0.373 e. The van der Waals surface area contributed by atoms with E-state index in [0.29, 0.717) is 18.3 Å². The second-order valence-corrected chi connectivity index (χ2v) is 4.64. The van der Waals surface area contributed by atoms with Crippen LogP contribution in [0.3, 0.4) is 0 Å². The number of aromatic nitrogens is 2. The summed E-state index contributed by atoms with van der Waals surface area (Å²) in [4.78, 5) is 16.2. The van der Waals surface area contributed by atoms with Gasteiger partial charge >= 0.3 is 0 Å². The number of morpholine rings is 1. The fourth-order valence-corrected chi connectivity index (χ4v) is 2.57. The number of hydrogen-bond acceptors (Lipinski definition) is 4. The Hall–Kier alpha value is -1.40. The molecule has 0 unspecified atom stereocenters. The zero-order valence-electron chi connectivity index (χ0n) is 9.80. The van der Waals surface area contributed by atoms with Crippen molar-refractivity contribution < 1.29 is 9.53 Å². The molecule has 0 radical (unpaired) electrons. The quantitative estimate of drug-likeness (QED) is 0.718. The Morgan fingerprint density at radius 2 is 2.47 bits per heavy atom. The van der Waals surface area contributed by atoms with E-state index >= 15 is 0 Å². The third-order valence-corrected chi connectivity index (χ3v) is 3.60. The summed E-state index contributed by atoms with van der Waals surface area (Å²) in [6, 6.07) is 2.03. The molecule has 3 heterocycles. The van der Waals surface area contributed by atoms with Crippen molar-refractivity contribution in [1.29, 1.82) is 0 Å². The molecule has 2 fully saturated rings. The highest BCUT2D eigenvalue weighted by Gasteiger charge is 2.40. The lowest BCUT2D eigenvalue weighted by Crippen LogP contribution is -2.48. The smallest absolute Gasteiger partial charge is 0.272 e. The summed E-state index contributed by atoms with van der Waals surface area (Å²) in [5.41, 5.74) is 0.548. The van der Waals surface area contributed by atoms with Crippen LogP contribution in [0.2, 0.25) is 0 Å². The van der Waals surface area contributed by atoms with Crippen LogP contribution >= 0.6 is 0 Å². The lowest BCUT2D eigenvalue weighted by molar-refractivity contribution is -0.0368. The number of hydrogen-bond donors (Lipinski definition) is 1. The van der Waals surface area contributed by atoms with Crippen LogP contribution in [-0.4, -0.2) is 71.3 Å². The first-order chi connectivity index (χ1) is 8.25. The predicted octanol–water partition coefficient (Wildman–Crippen LogP) is -0.435. The molecular formula is C11H16N4O2. The lowest BCUT2D eigenvalue weighted by Gasteiger charge is -2.33. The fourth-order valence-electron chi connectivity index (χ4n) is 2.57. The SMILES string of the molecule is CN1CCO[C@H]2CN(C(=O)c3ccn[nH]3)C[C@H]21. The molecule has 2 aliphatic rings. The monoisotopic (exact) mass is 236 g/mol. The van der Waals surface area contributed by atoms with Gasteiger partial charge in [0.25, 0.3) is 5.91 Å². The van der Waals surface area contributed by atoms with Crippen molar-refractivity contribution in [3.05, 3.63) is 18.0 Å². The molecule has 2 atom stereocenters. The third-order valence-electron chi connectivity index (χ3n) is 3.60. The Bertz CT molecular complexity index is 406. The largest absolute Gasteiger partial charge is 0.373 e. The highest BCUT2D eigenvalue weighted by Crippen LogP contribution is 2.22. The van der Waals surface area contributed by atoms with Gasteiger partial charge in [0.2, 0.25) is 0 Å². The molecule has 1 aromatic heterocycles. The highest BCUT2D eigenvalue weighted by atomic mass is 16.5. The molecule has 2 saturated heterocycles. The van der Waals surface area contributed by atoms with Gasteiger partial charge in [-0.2, -0.15) is 5.10 Å². The van der Waals surface area contributed by atoms with E-state index in [0.717, 1.165) is 19.7 Å². The highest BCUT2D eigenvalue weighted by molar-refractivity contribution is 5.92. The third kappa shape index (κ3) is 1.83. The van der Waals surface area contributed by atoms with Gasteiger partial charge in [-0.1, -0.05) is 0 Å². The zero-order valence-corrected chi connectivity index (χ0v) is 9.80. The van der Waals surface area contributed by atoms with E-state index in [2.05, 4.69) is 22.1 Å². The average molecular weight is 236 g/mol. The number of amides is 1. The number of likely N-dealkylation sites (tertiary alicyclic amines) is 1. The van der Waals surface area contributed by atoms with E-state index in [9.17, 15) is 4.79 Å². The van der Waals surface area contributed by atoms with Gasteiger partial charge in [0.05, 0.1) is 18.8 Å². The molecule has 0 saturated carbocycles. The zero-order chi connectivity index (χ0) is 11.8. The Morgan fingerprint density at radius 1 is 1.59 bits per heavy atom. The maximum absolute atomic E-state index is 12.1. The number of ether oxygens (including phenoxy) is 1. The van der Waals surface area contributed by atoms with Gasteiger partial charge in [0, 0.05) is 25.8 Å². The second-order valence-electron chi connectivity index (χ2n) is 4.64. The summed E-state index contributed by atoms with van der Waals surface area (Å²) in [7, 11) is 2.09. The summed E-state index contributed by atoms with van der Waals surface area (Å²) >= 11 is 0. The number of fused-ring (bicyclic) bond motifs is 1. The Morgan fingerprint density at radius 3 is 3.18 bits per heavy atom. The first-order valence-electron chi connectivity index (χ1n) is 5.86. The van der Waals surface area contributed by atoms with Crippen LogP contribution < -0.4 is 0 Å². The topological polar surface area (TPSA) is 61.5 Å². The van der Waals surface area contributed by atoms with Crippen LogP contribution in [0.5, 0.6) is 0 Å². The number of carbonyl (C=O) groups is 1. The Balaban J connectivity index is 1.73. The van der Waals surface area contributed by atoms with Crippen LogP contribution in [-0.2, 0) is 4.74 Å². The number of aromatic amines is 1. The summed E-state index contributed by atoms with van der Waals surface area (Å²) in [6.45, 7) is 3.10. The molecule has 0 spiro atoms. The van der Waals surface area contributed by atoms with Gasteiger partial charge in [0.15, 0.2) is 0 Å². The van der Waals surface area contributed by atoms with E-state index in [4.69, 9.17) is 4.74 Å². The fraction of sp³-hybridized carbons (Fsp3) is 0.636. The van der Waals surface area contributed by atoms with Crippen molar-refractivity contribution in [1.82, 2.24) is 20.0 Å². The number of likely N-dealkylation sites (N-methyl/N-ethyl adjacent to an activating group) is 1. The minimum atomic E-state index is 0.00824. The van der Waals surface area contributed by atoms with Gasteiger partial charge in [-0.3, -0.25) is 14.8 Å². The van der Waals surface area contributed by atoms with E-state index in [-0.39, 0.29) is 12.0 Å². The molecule has 1 amide bonds. The summed E-state index contributed by atoms with van der Waals surface area (Å²) < 4.78 is 5.71. The van der Waals surface area contributed by atoms with Gasteiger partial charge in [-0.05, 0) is 13.1 Å². The molecule has 17 heavy (non-hydrogen) atoms. The second kappa shape index (κ2) is 4.12. The van der Waals surface area contributed by atoms with Crippen molar-refractivity contribution >= 4 is 5.91 Å². The number of nitrogens with one attached hydrogen (secondary N) is 1. The summed E-state index contributed by atoms with van der Waals surface area (Å²) in [6.07, 6.45) is 1.75. The van der Waals surface area contributed by atoms with Crippen LogP contribution in [0.15, 0.2) is 12.3 Å². The Kier molecular flexibility index (Phi) is 2.60. The van der Waals surface area contributed by atoms with Crippen molar-refractivity contribution in [2.45, 2.75) is 12.1 Å². The van der Waals surface area contributed by atoms with Gasteiger partial charge in [-0.25, -0.2) is 0 Å². The minimum absolute atomic E-state index is 0.00824. The molecule has 0 aliphatic carbocycles. The van der Waals surface area contributed by atoms with Gasteiger partial charge < -0.3 is 9.64 Å². The van der Waals surface area contributed by atoms with Crippen molar-refractivity contribution in [3.8, 4) is 0 Å². The first-order valence-corrected chi connectivity index (χ1v) is 5.86. The standard InChI is InChI=1S/C11H16N4O2/c1-14-4-5-17-10-7-15(6-9(10)14)11(16)8-2-3-12-13-8/h2-3,9-10H,4-7H2,1H3,(H,12,13)/t9-,10+/m1/s1. The molecule has 1 N–H and O–H groups in total. The normalized spacial score (nSPS) is 29.4. The van der Waals surface area contributed by atoms with Crippen molar-refractivity contribution in [3.63, 3.8) is 0 Å². The summed E-state index contributed by atoms with van der Waals surface area (Å²) in [5, 5.41) is 6.52. The number of carbonyl (C=O) groups excluding carboxylic acids is 1. The van der Waals surface area contributed by atoms with Crippen molar-refractivity contribution in [2.75, 3.05) is 33.3 Å². The number of rotatable bonds is 1. The molecule has 0 aromatic carbocycles. The van der Waals surface area contributed by atoms with E-state index in [1.807, 2.05) is 4.90 Å². The van der Waals surface area contributed by atoms with Crippen LogP contribution in [0.25, 0.3) is 0 Å².